The molecule has 1 saturated heterocycles. The van der Waals surface area contributed by atoms with Gasteiger partial charge in [0.05, 0.1) is 0 Å². The molecule has 0 spiro atoms. The van der Waals surface area contributed by atoms with Crippen LogP contribution in [-0.4, -0.2) is 27.4 Å². The highest BCUT2D eigenvalue weighted by molar-refractivity contribution is 4.92. The molecule has 3 rings (SSSR count). The van der Waals surface area contributed by atoms with Gasteiger partial charge < -0.3 is 5.32 Å². The minimum Gasteiger partial charge on any atom is -0.314 e. The van der Waals surface area contributed by atoms with Gasteiger partial charge in [-0.25, -0.2) is 9.67 Å². The van der Waals surface area contributed by atoms with Gasteiger partial charge in [0.25, 0.3) is 0 Å². The minimum absolute atomic E-state index is 0.621. The van der Waals surface area contributed by atoms with Crippen LogP contribution in [-0.2, 0) is 13.0 Å². The molecule has 1 N–H and O–H groups in total. The van der Waals surface area contributed by atoms with Crippen molar-refractivity contribution in [2.45, 2.75) is 51.1 Å². The van der Waals surface area contributed by atoms with Gasteiger partial charge in [0.15, 0.2) is 0 Å². The van der Waals surface area contributed by atoms with E-state index in [0.29, 0.717) is 6.04 Å². The molecule has 1 atom stereocenters. The summed E-state index contributed by atoms with van der Waals surface area (Å²) in [6.07, 6.45) is 9.48. The Morgan fingerprint density at radius 1 is 1.31 bits per heavy atom. The van der Waals surface area contributed by atoms with Crippen molar-refractivity contribution in [1.29, 1.82) is 0 Å². The average molecular weight is 220 g/mol. The SMILES string of the molecule is c1nc(CC2CCCCN2)n(CC2CC2)n1. The van der Waals surface area contributed by atoms with E-state index >= 15 is 0 Å². The molecule has 1 aromatic rings. The fourth-order valence-electron chi connectivity index (χ4n) is 2.46. The Morgan fingerprint density at radius 3 is 3.00 bits per heavy atom. The van der Waals surface area contributed by atoms with Crippen molar-refractivity contribution in [2.75, 3.05) is 6.54 Å². The van der Waals surface area contributed by atoms with Crippen molar-refractivity contribution in [3.8, 4) is 0 Å². The van der Waals surface area contributed by atoms with Crippen LogP contribution in [0.1, 0.15) is 37.9 Å². The monoisotopic (exact) mass is 220 g/mol. The van der Waals surface area contributed by atoms with E-state index in [1.54, 1.807) is 6.33 Å². The van der Waals surface area contributed by atoms with Crippen LogP contribution in [0, 0.1) is 5.92 Å². The van der Waals surface area contributed by atoms with Gasteiger partial charge in [-0.15, -0.1) is 0 Å². The first-order valence-corrected chi connectivity index (χ1v) is 6.52. The van der Waals surface area contributed by atoms with Crippen LogP contribution in [0.25, 0.3) is 0 Å². The molecule has 0 aromatic carbocycles. The smallest absolute Gasteiger partial charge is 0.138 e. The fraction of sp³-hybridized carbons (Fsp3) is 0.833. The first-order chi connectivity index (χ1) is 7.92. The lowest BCUT2D eigenvalue weighted by molar-refractivity contribution is 0.385. The van der Waals surface area contributed by atoms with E-state index in [9.17, 15) is 0 Å². The normalized spacial score (nSPS) is 25.9. The quantitative estimate of drug-likeness (QED) is 0.833. The zero-order valence-electron chi connectivity index (χ0n) is 9.73. The second-order valence-electron chi connectivity index (χ2n) is 5.15. The van der Waals surface area contributed by atoms with Crippen molar-refractivity contribution < 1.29 is 0 Å². The number of hydrogen-bond donors (Lipinski definition) is 1. The van der Waals surface area contributed by atoms with Crippen molar-refractivity contribution in [3.05, 3.63) is 12.2 Å². The summed E-state index contributed by atoms with van der Waals surface area (Å²) in [4.78, 5) is 4.40. The third-order valence-electron chi connectivity index (χ3n) is 3.67. The number of hydrogen-bond acceptors (Lipinski definition) is 3. The molecule has 1 aromatic heterocycles. The highest BCUT2D eigenvalue weighted by Crippen LogP contribution is 2.30. The Morgan fingerprint density at radius 2 is 2.25 bits per heavy atom. The van der Waals surface area contributed by atoms with Crippen molar-refractivity contribution in [3.63, 3.8) is 0 Å². The van der Waals surface area contributed by atoms with Crippen LogP contribution in [0.3, 0.4) is 0 Å². The summed E-state index contributed by atoms with van der Waals surface area (Å²) in [5, 5.41) is 7.91. The molecule has 4 nitrogen and oxygen atoms in total. The van der Waals surface area contributed by atoms with Gasteiger partial charge >= 0.3 is 0 Å². The molecule has 2 fully saturated rings. The van der Waals surface area contributed by atoms with Gasteiger partial charge in [-0.1, -0.05) is 6.42 Å². The summed E-state index contributed by atoms with van der Waals surface area (Å²) in [6.45, 7) is 2.25. The van der Waals surface area contributed by atoms with E-state index < -0.39 is 0 Å². The zero-order chi connectivity index (χ0) is 10.8. The van der Waals surface area contributed by atoms with Crippen molar-refractivity contribution in [2.24, 2.45) is 5.92 Å². The Balaban J connectivity index is 1.61. The lowest BCUT2D eigenvalue weighted by Gasteiger charge is -2.23. The maximum atomic E-state index is 4.40. The third-order valence-corrected chi connectivity index (χ3v) is 3.67. The Hall–Kier alpha value is -0.900. The van der Waals surface area contributed by atoms with E-state index in [1.165, 1.54) is 44.5 Å². The molecular weight excluding hydrogens is 200 g/mol. The number of nitrogens with one attached hydrogen (secondary N) is 1. The van der Waals surface area contributed by atoms with E-state index in [2.05, 4.69) is 20.1 Å². The summed E-state index contributed by atoms with van der Waals surface area (Å²) in [7, 11) is 0. The summed E-state index contributed by atoms with van der Waals surface area (Å²) < 4.78 is 2.12. The predicted molar refractivity (Wildman–Crippen MR) is 62.1 cm³/mol. The first-order valence-electron chi connectivity index (χ1n) is 6.52. The van der Waals surface area contributed by atoms with Crippen LogP contribution in [0.15, 0.2) is 6.33 Å². The van der Waals surface area contributed by atoms with Crippen LogP contribution in [0.4, 0.5) is 0 Å². The molecule has 4 heteroatoms. The van der Waals surface area contributed by atoms with Crippen LogP contribution in [0.5, 0.6) is 0 Å². The van der Waals surface area contributed by atoms with Gasteiger partial charge in [0.2, 0.25) is 0 Å². The topological polar surface area (TPSA) is 42.7 Å². The number of rotatable bonds is 4. The molecule has 2 heterocycles. The average Bonchev–Trinajstić information content (AvgIpc) is 3.02. The van der Waals surface area contributed by atoms with Gasteiger partial charge in [0.1, 0.15) is 12.2 Å². The maximum absolute atomic E-state index is 4.40. The maximum Gasteiger partial charge on any atom is 0.138 e. The molecule has 1 saturated carbocycles. The zero-order valence-corrected chi connectivity index (χ0v) is 9.73. The Bertz CT molecular complexity index is 337. The van der Waals surface area contributed by atoms with E-state index in [-0.39, 0.29) is 0 Å². The predicted octanol–water partition coefficient (Wildman–Crippen LogP) is 1.37. The first kappa shape index (κ1) is 10.3. The number of nitrogens with zero attached hydrogens (tertiary/aromatic N) is 3. The molecule has 0 radical (unpaired) electrons. The van der Waals surface area contributed by atoms with E-state index in [1.807, 2.05) is 0 Å². The van der Waals surface area contributed by atoms with Gasteiger partial charge in [-0.2, -0.15) is 5.10 Å². The highest BCUT2D eigenvalue weighted by Gasteiger charge is 2.24. The lowest BCUT2D eigenvalue weighted by Crippen LogP contribution is -2.36. The van der Waals surface area contributed by atoms with Crippen LogP contribution >= 0.6 is 0 Å². The van der Waals surface area contributed by atoms with Crippen molar-refractivity contribution >= 4 is 0 Å². The third kappa shape index (κ3) is 2.43. The molecule has 2 aliphatic rings. The molecule has 88 valence electrons. The van der Waals surface area contributed by atoms with E-state index in [0.717, 1.165) is 18.9 Å². The Kier molecular flexibility index (Phi) is 2.91. The molecule has 0 amide bonds. The second kappa shape index (κ2) is 4.53. The summed E-state index contributed by atoms with van der Waals surface area (Å²) in [5.74, 6) is 2.05. The summed E-state index contributed by atoms with van der Waals surface area (Å²) in [6, 6.07) is 0.621. The molecule has 1 unspecified atom stereocenters. The standard InChI is InChI=1S/C12H20N4/c1-2-6-13-11(3-1)7-12-14-9-15-16(12)8-10-4-5-10/h9-11,13H,1-8H2. The molecule has 16 heavy (non-hydrogen) atoms. The van der Waals surface area contributed by atoms with Gasteiger partial charge in [0, 0.05) is 19.0 Å². The number of aromatic nitrogens is 3. The molecule has 1 aliphatic carbocycles. The summed E-state index contributed by atoms with van der Waals surface area (Å²) in [5.41, 5.74) is 0. The largest absolute Gasteiger partial charge is 0.314 e. The molecule has 0 bridgehead atoms. The lowest BCUT2D eigenvalue weighted by atomic mass is 10.0. The van der Waals surface area contributed by atoms with E-state index in [4.69, 9.17) is 0 Å². The number of piperidine rings is 1. The molecular formula is C12H20N4. The van der Waals surface area contributed by atoms with Gasteiger partial charge in [-0.05, 0) is 38.1 Å². The summed E-state index contributed by atoms with van der Waals surface area (Å²) >= 11 is 0. The fourth-order valence-corrected chi connectivity index (χ4v) is 2.46. The van der Waals surface area contributed by atoms with Crippen LogP contribution in [0.2, 0.25) is 0 Å². The van der Waals surface area contributed by atoms with Gasteiger partial charge in [-0.3, -0.25) is 0 Å². The second-order valence-corrected chi connectivity index (χ2v) is 5.15. The van der Waals surface area contributed by atoms with Crippen LogP contribution < -0.4 is 5.32 Å². The minimum atomic E-state index is 0.621. The Labute approximate surface area is 96.4 Å². The van der Waals surface area contributed by atoms with Crippen molar-refractivity contribution in [1.82, 2.24) is 20.1 Å². The molecule has 1 aliphatic heterocycles. The highest BCUT2D eigenvalue weighted by atomic mass is 15.3.